The van der Waals surface area contributed by atoms with Crippen LogP contribution in [0.3, 0.4) is 0 Å². The SMILES string of the molecule is C=C(C)CC.CC\C(C)=C(NC1(C)CCOC1)/C1=C(C)/C=C\C=C\CC1C. The van der Waals surface area contributed by atoms with Crippen LogP contribution in [0, 0.1) is 5.92 Å². The molecule has 1 saturated heterocycles. The third-order valence-electron chi connectivity index (χ3n) is 5.48. The first-order chi connectivity index (χ1) is 12.7. The lowest BCUT2D eigenvalue weighted by atomic mass is 9.86. The van der Waals surface area contributed by atoms with Crippen molar-refractivity contribution >= 4 is 0 Å². The van der Waals surface area contributed by atoms with Gasteiger partial charge in [-0.05, 0) is 70.4 Å². The first kappa shape index (κ1) is 23.5. The number of nitrogens with one attached hydrogen (secondary N) is 1. The minimum absolute atomic E-state index is 0.0562. The second-order valence-corrected chi connectivity index (χ2v) is 8.33. The molecule has 0 spiro atoms. The molecule has 1 aliphatic carbocycles. The van der Waals surface area contributed by atoms with E-state index < -0.39 is 0 Å². The van der Waals surface area contributed by atoms with Gasteiger partial charge >= 0.3 is 0 Å². The summed E-state index contributed by atoms with van der Waals surface area (Å²) in [6.07, 6.45) is 13.2. The highest BCUT2D eigenvalue weighted by Crippen LogP contribution is 2.32. The summed E-state index contributed by atoms with van der Waals surface area (Å²) in [5, 5.41) is 3.86. The van der Waals surface area contributed by atoms with Crippen molar-refractivity contribution in [2.45, 2.75) is 79.7 Å². The van der Waals surface area contributed by atoms with Gasteiger partial charge in [0.1, 0.15) is 0 Å². The van der Waals surface area contributed by atoms with Gasteiger partial charge in [-0.1, -0.05) is 56.2 Å². The zero-order valence-corrected chi connectivity index (χ0v) is 18.7. The maximum Gasteiger partial charge on any atom is 0.0694 e. The second-order valence-electron chi connectivity index (χ2n) is 8.33. The van der Waals surface area contributed by atoms with E-state index in [1.54, 1.807) is 0 Å². The monoisotopic (exact) mass is 371 g/mol. The van der Waals surface area contributed by atoms with Gasteiger partial charge in [-0.2, -0.15) is 0 Å². The van der Waals surface area contributed by atoms with Crippen LogP contribution in [-0.4, -0.2) is 18.8 Å². The molecule has 2 nitrogen and oxygen atoms in total. The van der Waals surface area contributed by atoms with Crippen LogP contribution in [0.1, 0.15) is 74.1 Å². The van der Waals surface area contributed by atoms with Crippen LogP contribution in [0.15, 0.2) is 58.9 Å². The minimum atomic E-state index is 0.0562. The molecule has 2 unspecified atom stereocenters. The highest BCUT2D eigenvalue weighted by atomic mass is 16.5. The number of allylic oxidation sites excluding steroid dienone is 8. The number of rotatable bonds is 5. The van der Waals surface area contributed by atoms with Gasteiger partial charge in [-0.3, -0.25) is 0 Å². The van der Waals surface area contributed by atoms with E-state index in [1.165, 1.54) is 28.0 Å². The standard InChI is InChI=1S/C20H31NO.C5H10/c1-6-15(2)19(21-20(5)12-13-22-14-20)18-16(3)10-8-7-9-11-17(18)4;1-4-5(2)3/h7-10,17,21H,6,11-14H2,1-5H3;2,4H2,1,3H3/b9-7+,10-8-,18-16+,19-15+;. The molecule has 2 aliphatic rings. The summed E-state index contributed by atoms with van der Waals surface area (Å²) in [4.78, 5) is 0. The van der Waals surface area contributed by atoms with Gasteiger partial charge in [0.2, 0.25) is 0 Å². The van der Waals surface area contributed by atoms with Crippen LogP contribution in [0.25, 0.3) is 0 Å². The largest absolute Gasteiger partial charge is 0.379 e. The van der Waals surface area contributed by atoms with E-state index >= 15 is 0 Å². The topological polar surface area (TPSA) is 21.3 Å². The van der Waals surface area contributed by atoms with Crippen molar-refractivity contribution in [3.8, 4) is 0 Å². The predicted molar refractivity (Wildman–Crippen MR) is 120 cm³/mol. The molecule has 1 N–H and O–H groups in total. The molecule has 0 aromatic carbocycles. The van der Waals surface area contributed by atoms with E-state index in [4.69, 9.17) is 4.74 Å². The van der Waals surface area contributed by atoms with E-state index in [1.807, 2.05) is 6.92 Å². The lowest BCUT2D eigenvalue weighted by molar-refractivity contribution is 0.175. The summed E-state index contributed by atoms with van der Waals surface area (Å²) in [6.45, 7) is 20.8. The van der Waals surface area contributed by atoms with E-state index in [2.05, 4.69) is 77.7 Å². The molecular formula is C25H41NO. The normalized spacial score (nSPS) is 31.0. The van der Waals surface area contributed by atoms with Crippen molar-refractivity contribution in [2.75, 3.05) is 13.2 Å². The quantitative estimate of drug-likeness (QED) is 0.532. The third kappa shape index (κ3) is 7.54. The fraction of sp³-hybridized carbons (Fsp3) is 0.600. The maximum atomic E-state index is 5.63. The highest BCUT2D eigenvalue weighted by molar-refractivity contribution is 5.44. The van der Waals surface area contributed by atoms with Gasteiger partial charge in [-0.25, -0.2) is 0 Å². The number of ether oxygens (including phenoxy) is 1. The molecule has 0 saturated carbocycles. The lowest BCUT2D eigenvalue weighted by Gasteiger charge is -2.32. The first-order valence-corrected chi connectivity index (χ1v) is 10.5. The average molecular weight is 372 g/mol. The summed E-state index contributed by atoms with van der Waals surface area (Å²) in [6, 6.07) is 0. The molecular weight excluding hydrogens is 330 g/mol. The van der Waals surface area contributed by atoms with Crippen LogP contribution in [-0.2, 0) is 4.74 Å². The predicted octanol–water partition coefficient (Wildman–Crippen LogP) is 6.88. The molecule has 2 rings (SSSR count). The van der Waals surface area contributed by atoms with Crippen LogP contribution in [0.2, 0.25) is 0 Å². The van der Waals surface area contributed by atoms with Crippen molar-refractivity contribution in [2.24, 2.45) is 5.92 Å². The van der Waals surface area contributed by atoms with Gasteiger partial charge in [0.05, 0.1) is 12.1 Å². The van der Waals surface area contributed by atoms with E-state index in [0.717, 1.165) is 38.9 Å². The van der Waals surface area contributed by atoms with Crippen LogP contribution in [0.5, 0.6) is 0 Å². The zero-order valence-electron chi connectivity index (χ0n) is 18.7. The Hall–Kier alpha value is -1.54. The lowest BCUT2D eigenvalue weighted by Crippen LogP contribution is -2.43. The van der Waals surface area contributed by atoms with Gasteiger partial charge in [-0.15, -0.1) is 6.58 Å². The Kier molecular flexibility index (Phi) is 9.87. The molecule has 0 amide bonds. The zero-order chi connectivity index (χ0) is 20.4. The molecule has 0 bridgehead atoms. The molecule has 0 aromatic heterocycles. The van der Waals surface area contributed by atoms with E-state index in [-0.39, 0.29) is 5.54 Å². The Bertz CT molecular complexity index is 612. The van der Waals surface area contributed by atoms with Crippen molar-refractivity contribution in [1.29, 1.82) is 0 Å². The van der Waals surface area contributed by atoms with Gasteiger partial charge in [0.25, 0.3) is 0 Å². The van der Waals surface area contributed by atoms with Crippen LogP contribution in [0.4, 0.5) is 0 Å². The fourth-order valence-corrected chi connectivity index (χ4v) is 3.25. The smallest absolute Gasteiger partial charge is 0.0694 e. The number of hydrogen-bond acceptors (Lipinski definition) is 2. The van der Waals surface area contributed by atoms with Gasteiger partial charge < -0.3 is 10.1 Å². The second kappa shape index (κ2) is 11.3. The summed E-state index contributed by atoms with van der Waals surface area (Å²) in [5.41, 5.74) is 6.93. The molecule has 0 aromatic rings. The number of hydrogen-bond donors (Lipinski definition) is 1. The van der Waals surface area contributed by atoms with Crippen molar-refractivity contribution in [3.05, 3.63) is 58.9 Å². The van der Waals surface area contributed by atoms with Crippen molar-refractivity contribution < 1.29 is 4.74 Å². The minimum Gasteiger partial charge on any atom is -0.379 e. The third-order valence-corrected chi connectivity index (χ3v) is 5.48. The van der Waals surface area contributed by atoms with Crippen molar-refractivity contribution in [1.82, 2.24) is 5.32 Å². The summed E-state index contributed by atoms with van der Waals surface area (Å²) >= 11 is 0. The Morgan fingerprint density at radius 2 is 1.93 bits per heavy atom. The Balaban J connectivity index is 0.000000646. The van der Waals surface area contributed by atoms with Gasteiger partial charge in [0.15, 0.2) is 0 Å². The molecule has 0 radical (unpaired) electrons. The Labute approximate surface area is 168 Å². The van der Waals surface area contributed by atoms with E-state index in [9.17, 15) is 0 Å². The average Bonchev–Trinajstić information content (AvgIpc) is 3.05. The summed E-state index contributed by atoms with van der Waals surface area (Å²) in [7, 11) is 0. The van der Waals surface area contributed by atoms with Crippen LogP contribution < -0.4 is 5.32 Å². The molecule has 152 valence electrons. The molecule has 27 heavy (non-hydrogen) atoms. The maximum absolute atomic E-state index is 5.63. The fourth-order valence-electron chi connectivity index (χ4n) is 3.25. The molecule has 1 fully saturated rings. The van der Waals surface area contributed by atoms with E-state index in [0.29, 0.717) is 5.92 Å². The summed E-state index contributed by atoms with van der Waals surface area (Å²) < 4.78 is 5.63. The van der Waals surface area contributed by atoms with Crippen molar-refractivity contribution in [3.63, 3.8) is 0 Å². The Morgan fingerprint density at radius 3 is 2.44 bits per heavy atom. The summed E-state index contributed by atoms with van der Waals surface area (Å²) in [5.74, 6) is 0.524. The molecule has 1 aliphatic heterocycles. The molecule has 1 heterocycles. The molecule has 2 atom stereocenters. The highest BCUT2D eigenvalue weighted by Gasteiger charge is 2.32. The Morgan fingerprint density at radius 1 is 1.26 bits per heavy atom. The van der Waals surface area contributed by atoms with Crippen LogP contribution >= 0.6 is 0 Å². The molecule has 2 heteroatoms. The first-order valence-electron chi connectivity index (χ1n) is 10.5. The van der Waals surface area contributed by atoms with Gasteiger partial charge in [0, 0.05) is 12.3 Å².